The molecule has 3 aliphatic rings. The maximum atomic E-state index is 13.3. The lowest BCUT2D eigenvalue weighted by Crippen LogP contribution is -2.53. The SMILES string of the molecule is Nc1cn(C2CCN(CCCCCc3cccc4c3C(=O)N(C3CCC(=O)NC3=O)C4O)CC2)nc1C(F)F. The van der Waals surface area contributed by atoms with Crippen molar-refractivity contribution < 1.29 is 28.3 Å². The third kappa shape index (κ3) is 5.53. The summed E-state index contributed by atoms with van der Waals surface area (Å²) >= 11 is 0. The van der Waals surface area contributed by atoms with Gasteiger partial charge in [0.15, 0.2) is 11.9 Å². The first-order valence-electron chi connectivity index (χ1n) is 13.6. The molecule has 12 heteroatoms. The second kappa shape index (κ2) is 11.4. The van der Waals surface area contributed by atoms with Crippen LogP contribution in [0.25, 0.3) is 0 Å². The molecular weight excluding hydrogens is 510 g/mol. The molecule has 0 bridgehead atoms. The molecule has 0 radical (unpaired) electrons. The Kier molecular flexibility index (Phi) is 7.94. The lowest BCUT2D eigenvalue weighted by atomic mass is 9.97. The first-order chi connectivity index (χ1) is 18.7. The molecule has 3 amide bonds. The number of aliphatic hydroxyl groups excluding tert-OH is 1. The number of imide groups is 1. The van der Waals surface area contributed by atoms with E-state index in [1.54, 1.807) is 10.7 Å². The molecule has 39 heavy (non-hydrogen) atoms. The number of alkyl halides is 2. The molecular formula is C27H34F2N6O4. The van der Waals surface area contributed by atoms with Gasteiger partial charge in [0.2, 0.25) is 11.8 Å². The normalized spacial score (nSPS) is 22.6. The highest BCUT2D eigenvalue weighted by atomic mass is 19.3. The van der Waals surface area contributed by atoms with Crippen molar-refractivity contribution in [3.63, 3.8) is 0 Å². The van der Waals surface area contributed by atoms with Crippen LogP contribution in [0.3, 0.4) is 0 Å². The molecule has 0 saturated carbocycles. The lowest BCUT2D eigenvalue weighted by Gasteiger charge is -2.32. The number of nitrogen functional groups attached to an aromatic ring is 1. The van der Waals surface area contributed by atoms with Crippen molar-refractivity contribution in [3.05, 3.63) is 46.8 Å². The number of aryl methyl sites for hydroxylation is 1. The van der Waals surface area contributed by atoms with E-state index >= 15 is 0 Å². The van der Waals surface area contributed by atoms with Crippen molar-refractivity contribution in [2.24, 2.45) is 0 Å². The van der Waals surface area contributed by atoms with Crippen molar-refractivity contribution in [3.8, 4) is 0 Å². The summed E-state index contributed by atoms with van der Waals surface area (Å²) in [6.07, 6.45) is 3.12. The van der Waals surface area contributed by atoms with Crippen molar-refractivity contribution >= 4 is 23.4 Å². The largest absolute Gasteiger partial charge is 0.396 e. The minimum Gasteiger partial charge on any atom is -0.396 e. The Balaban J connectivity index is 1.09. The molecule has 210 valence electrons. The van der Waals surface area contributed by atoms with E-state index in [2.05, 4.69) is 15.3 Å². The molecule has 3 aliphatic heterocycles. The number of aliphatic hydroxyl groups is 1. The third-order valence-corrected chi connectivity index (χ3v) is 8.07. The summed E-state index contributed by atoms with van der Waals surface area (Å²) in [5.41, 5.74) is 7.19. The van der Waals surface area contributed by atoms with Crippen LogP contribution in [0.5, 0.6) is 0 Å². The van der Waals surface area contributed by atoms with E-state index in [1.807, 2.05) is 12.1 Å². The van der Waals surface area contributed by atoms with Crippen LogP contribution in [0.1, 0.15) is 90.8 Å². The number of hydrogen-bond donors (Lipinski definition) is 3. The number of nitrogens with two attached hydrogens (primary N) is 1. The zero-order valence-corrected chi connectivity index (χ0v) is 21.7. The van der Waals surface area contributed by atoms with Crippen molar-refractivity contribution in [1.29, 1.82) is 0 Å². The standard InChI is InChI=1S/C27H34F2N6O4/c28-24(29)23-19(30)15-34(32-23)17-10-13-33(14-11-17)12-3-1-2-5-16-6-4-7-18-22(16)27(39)35(26(18)38)20-8-9-21(36)31-25(20)37/h4,6-7,15,17,20,24,26,38H,1-3,5,8-14,30H2,(H,31,36,37). The highest BCUT2D eigenvalue weighted by molar-refractivity contribution is 6.06. The van der Waals surface area contributed by atoms with Gasteiger partial charge in [-0.2, -0.15) is 5.10 Å². The highest BCUT2D eigenvalue weighted by Gasteiger charge is 2.45. The quantitative estimate of drug-likeness (QED) is 0.327. The summed E-state index contributed by atoms with van der Waals surface area (Å²) in [6.45, 7) is 2.66. The molecule has 10 nitrogen and oxygen atoms in total. The van der Waals surface area contributed by atoms with Gasteiger partial charge in [-0.15, -0.1) is 0 Å². The average molecular weight is 545 g/mol. The molecule has 2 atom stereocenters. The van der Waals surface area contributed by atoms with Crippen LogP contribution in [-0.2, 0) is 16.0 Å². The average Bonchev–Trinajstić information content (AvgIpc) is 3.42. The molecule has 4 N–H and O–H groups in total. The van der Waals surface area contributed by atoms with Crippen molar-refractivity contribution in [2.45, 2.75) is 76.1 Å². The number of fused-ring (bicyclic) bond motifs is 1. The minimum atomic E-state index is -2.67. The Bertz CT molecular complexity index is 1240. The summed E-state index contributed by atoms with van der Waals surface area (Å²) in [4.78, 5) is 40.7. The molecule has 2 aromatic rings. The summed E-state index contributed by atoms with van der Waals surface area (Å²) in [5, 5.41) is 17.1. The highest BCUT2D eigenvalue weighted by Crippen LogP contribution is 2.37. The number of rotatable bonds is 9. The number of amides is 3. The first kappa shape index (κ1) is 27.2. The third-order valence-electron chi connectivity index (χ3n) is 8.07. The number of nitrogens with one attached hydrogen (secondary N) is 1. The smallest absolute Gasteiger partial charge is 0.284 e. The Morgan fingerprint density at radius 2 is 1.87 bits per heavy atom. The Labute approximate surface area is 225 Å². The summed E-state index contributed by atoms with van der Waals surface area (Å²) in [6, 6.07) is 4.63. The van der Waals surface area contributed by atoms with Gasteiger partial charge < -0.3 is 15.7 Å². The fraction of sp³-hybridized carbons (Fsp3) is 0.556. The van der Waals surface area contributed by atoms with Crippen LogP contribution in [0.15, 0.2) is 24.4 Å². The van der Waals surface area contributed by atoms with E-state index in [-0.39, 0.29) is 42.1 Å². The Hall–Kier alpha value is -3.38. The first-order valence-corrected chi connectivity index (χ1v) is 13.6. The molecule has 2 saturated heterocycles. The van der Waals surface area contributed by atoms with Gasteiger partial charge in [-0.3, -0.25) is 29.3 Å². The molecule has 0 spiro atoms. The van der Waals surface area contributed by atoms with Crippen LogP contribution in [0.2, 0.25) is 0 Å². The van der Waals surface area contributed by atoms with Crippen LogP contribution < -0.4 is 11.1 Å². The summed E-state index contributed by atoms with van der Waals surface area (Å²) in [5.74, 6) is -1.29. The Morgan fingerprint density at radius 3 is 2.56 bits per heavy atom. The number of carbonyl (C=O) groups is 3. The minimum absolute atomic E-state index is 0.0383. The van der Waals surface area contributed by atoms with Crippen LogP contribution in [0, 0.1) is 0 Å². The van der Waals surface area contributed by atoms with Gasteiger partial charge in [0.1, 0.15) is 6.04 Å². The predicted octanol–water partition coefficient (Wildman–Crippen LogP) is 2.70. The number of likely N-dealkylation sites (tertiary alicyclic amines) is 1. The van der Waals surface area contributed by atoms with Gasteiger partial charge in [-0.25, -0.2) is 8.78 Å². The van der Waals surface area contributed by atoms with Gasteiger partial charge >= 0.3 is 0 Å². The molecule has 1 aromatic carbocycles. The zero-order valence-electron chi connectivity index (χ0n) is 21.7. The monoisotopic (exact) mass is 544 g/mol. The predicted molar refractivity (Wildman–Crippen MR) is 138 cm³/mol. The number of carbonyl (C=O) groups excluding carboxylic acids is 3. The number of anilines is 1. The van der Waals surface area contributed by atoms with Gasteiger partial charge in [-0.05, 0) is 50.6 Å². The Morgan fingerprint density at radius 1 is 1.10 bits per heavy atom. The fourth-order valence-corrected chi connectivity index (χ4v) is 5.97. The zero-order chi connectivity index (χ0) is 27.7. The van der Waals surface area contributed by atoms with E-state index in [4.69, 9.17) is 5.73 Å². The maximum Gasteiger partial charge on any atom is 0.284 e. The molecule has 1 aromatic heterocycles. The number of nitrogens with zero attached hydrogens (tertiary/aromatic N) is 4. The maximum absolute atomic E-state index is 13.3. The topological polar surface area (TPSA) is 134 Å². The van der Waals surface area contributed by atoms with Gasteiger partial charge in [0.05, 0.1) is 17.3 Å². The lowest BCUT2D eigenvalue weighted by molar-refractivity contribution is -0.139. The molecule has 4 heterocycles. The van der Waals surface area contributed by atoms with Gasteiger partial charge in [0.25, 0.3) is 12.3 Å². The van der Waals surface area contributed by atoms with Crippen LogP contribution in [-0.4, -0.2) is 68.1 Å². The molecule has 5 rings (SSSR count). The van der Waals surface area contributed by atoms with Gasteiger partial charge in [-0.1, -0.05) is 24.6 Å². The van der Waals surface area contributed by atoms with Crippen molar-refractivity contribution in [1.82, 2.24) is 24.9 Å². The number of halogens is 2. The summed E-state index contributed by atoms with van der Waals surface area (Å²) in [7, 11) is 0. The van der Waals surface area contributed by atoms with Crippen molar-refractivity contribution in [2.75, 3.05) is 25.4 Å². The molecule has 2 fully saturated rings. The number of unbranched alkanes of at least 4 members (excludes halogenated alkanes) is 2. The number of aromatic nitrogens is 2. The van der Waals surface area contributed by atoms with E-state index in [1.165, 1.54) is 11.1 Å². The second-order valence-electron chi connectivity index (χ2n) is 10.6. The van der Waals surface area contributed by atoms with E-state index in [9.17, 15) is 28.3 Å². The van der Waals surface area contributed by atoms with Gasteiger partial charge in [0, 0.05) is 31.3 Å². The van der Waals surface area contributed by atoms with E-state index in [0.29, 0.717) is 17.5 Å². The summed E-state index contributed by atoms with van der Waals surface area (Å²) < 4.78 is 27.6. The molecule has 0 aliphatic carbocycles. The number of benzene rings is 1. The second-order valence-corrected chi connectivity index (χ2v) is 10.6. The fourth-order valence-electron chi connectivity index (χ4n) is 5.97. The number of piperidine rings is 2. The van der Waals surface area contributed by atoms with E-state index < -0.39 is 24.6 Å². The number of hydrogen-bond acceptors (Lipinski definition) is 7. The molecule has 2 unspecified atom stereocenters. The van der Waals surface area contributed by atoms with E-state index in [0.717, 1.165) is 57.3 Å². The van der Waals surface area contributed by atoms with Crippen LogP contribution >= 0.6 is 0 Å². The van der Waals surface area contributed by atoms with Crippen LogP contribution in [0.4, 0.5) is 14.5 Å².